The SMILES string of the molecule is Cl.NC1CCC(CC(=O)N2CCCC(C(F)(F)F)C2)CC1. The number of nitrogens with two attached hydrogens (primary N) is 1. The lowest BCUT2D eigenvalue weighted by Crippen LogP contribution is -2.45. The molecule has 2 N–H and O–H groups in total. The fourth-order valence-electron chi connectivity index (χ4n) is 3.24. The third-order valence-corrected chi connectivity index (χ3v) is 4.59. The van der Waals surface area contributed by atoms with Crippen LogP contribution in [0.5, 0.6) is 0 Å². The van der Waals surface area contributed by atoms with E-state index in [9.17, 15) is 18.0 Å². The number of carbonyl (C=O) groups excluding carboxylic acids is 1. The van der Waals surface area contributed by atoms with E-state index in [2.05, 4.69) is 0 Å². The van der Waals surface area contributed by atoms with Crippen molar-refractivity contribution in [2.45, 2.75) is 57.2 Å². The number of alkyl halides is 3. The molecule has 0 aromatic carbocycles. The Labute approximate surface area is 129 Å². The highest BCUT2D eigenvalue weighted by Gasteiger charge is 2.42. The molecule has 1 saturated carbocycles. The molecular weight excluding hydrogens is 305 g/mol. The molecule has 1 heterocycles. The van der Waals surface area contributed by atoms with Crippen molar-refractivity contribution in [3.8, 4) is 0 Å². The topological polar surface area (TPSA) is 46.3 Å². The van der Waals surface area contributed by atoms with Crippen molar-refractivity contribution in [3.63, 3.8) is 0 Å². The largest absolute Gasteiger partial charge is 0.393 e. The van der Waals surface area contributed by atoms with Crippen molar-refractivity contribution >= 4 is 18.3 Å². The Balaban J connectivity index is 0.00000220. The van der Waals surface area contributed by atoms with E-state index in [1.807, 2.05) is 0 Å². The minimum absolute atomic E-state index is 0. The third-order valence-electron chi connectivity index (χ3n) is 4.59. The van der Waals surface area contributed by atoms with Gasteiger partial charge in [-0.25, -0.2) is 0 Å². The zero-order valence-corrected chi connectivity index (χ0v) is 12.9. The predicted molar refractivity (Wildman–Crippen MR) is 77.2 cm³/mol. The van der Waals surface area contributed by atoms with Gasteiger partial charge in [0, 0.05) is 25.6 Å². The van der Waals surface area contributed by atoms with E-state index in [1.54, 1.807) is 0 Å². The Hall–Kier alpha value is -0.490. The van der Waals surface area contributed by atoms with Crippen molar-refractivity contribution in [3.05, 3.63) is 0 Å². The molecule has 1 atom stereocenters. The van der Waals surface area contributed by atoms with Crippen LogP contribution in [0.3, 0.4) is 0 Å². The number of hydrogen-bond donors (Lipinski definition) is 1. The van der Waals surface area contributed by atoms with Crippen LogP contribution in [0.2, 0.25) is 0 Å². The van der Waals surface area contributed by atoms with Crippen LogP contribution in [0.4, 0.5) is 13.2 Å². The number of halogens is 4. The van der Waals surface area contributed by atoms with Crippen LogP contribution in [0.25, 0.3) is 0 Å². The van der Waals surface area contributed by atoms with Gasteiger partial charge >= 0.3 is 6.18 Å². The van der Waals surface area contributed by atoms with Gasteiger partial charge in [0.1, 0.15) is 0 Å². The van der Waals surface area contributed by atoms with E-state index in [0.717, 1.165) is 25.7 Å². The van der Waals surface area contributed by atoms with Crippen LogP contribution in [0, 0.1) is 11.8 Å². The number of amides is 1. The number of hydrogen-bond acceptors (Lipinski definition) is 2. The summed E-state index contributed by atoms with van der Waals surface area (Å²) < 4.78 is 38.2. The van der Waals surface area contributed by atoms with E-state index < -0.39 is 12.1 Å². The van der Waals surface area contributed by atoms with Gasteiger partial charge in [0.2, 0.25) is 5.91 Å². The maximum absolute atomic E-state index is 12.7. The molecule has 0 aromatic heterocycles. The third kappa shape index (κ3) is 5.33. The van der Waals surface area contributed by atoms with Crippen molar-refractivity contribution < 1.29 is 18.0 Å². The van der Waals surface area contributed by atoms with Gasteiger partial charge in [0.15, 0.2) is 0 Å². The average molecular weight is 329 g/mol. The minimum atomic E-state index is -4.18. The molecule has 1 amide bonds. The Morgan fingerprint density at radius 2 is 1.76 bits per heavy atom. The number of rotatable bonds is 2. The first-order valence-corrected chi connectivity index (χ1v) is 7.46. The van der Waals surface area contributed by atoms with E-state index in [4.69, 9.17) is 5.73 Å². The molecule has 0 bridgehead atoms. The van der Waals surface area contributed by atoms with E-state index in [0.29, 0.717) is 25.3 Å². The summed E-state index contributed by atoms with van der Waals surface area (Å²) in [7, 11) is 0. The summed E-state index contributed by atoms with van der Waals surface area (Å²) in [5, 5.41) is 0. The molecule has 3 nitrogen and oxygen atoms in total. The lowest BCUT2D eigenvalue weighted by atomic mass is 9.84. The molecule has 2 fully saturated rings. The highest BCUT2D eigenvalue weighted by Crippen LogP contribution is 2.34. The molecule has 124 valence electrons. The summed E-state index contributed by atoms with van der Waals surface area (Å²) in [5.74, 6) is -1.16. The molecule has 21 heavy (non-hydrogen) atoms. The molecular formula is C14H24ClF3N2O. The molecule has 0 spiro atoms. The molecule has 2 aliphatic rings. The maximum Gasteiger partial charge on any atom is 0.393 e. The number of carbonyl (C=O) groups is 1. The molecule has 7 heteroatoms. The molecule has 1 aliphatic carbocycles. The number of nitrogens with zero attached hydrogens (tertiary/aromatic N) is 1. The van der Waals surface area contributed by atoms with E-state index in [1.165, 1.54) is 4.90 Å². The molecule has 1 unspecified atom stereocenters. The molecule has 1 aliphatic heterocycles. The monoisotopic (exact) mass is 328 g/mol. The van der Waals surface area contributed by atoms with Gasteiger partial charge in [-0.1, -0.05) is 0 Å². The van der Waals surface area contributed by atoms with Crippen LogP contribution in [0.1, 0.15) is 44.9 Å². The molecule has 0 radical (unpaired) electrons. The predicted octanol–water partition coefficient (Wildman–Crippen LogP) is 3.12. The second kappa shape index (κ2) is 7.68. The van der Waals surface area contributed by atoms with Crippen LogP contribution < -0.4 is 5.73 Å². The summed E-state index contributed by atoms with van der Waals surface area (Å²) in [6.07, 6.45) is 0.476. The van der Waals surface area contributed by atoms with Crippen LogP contribution >= 0.6 is 12.4 Å². The maximum atomic E-state index is 12.7. The molecule has 1 saturated heterocycles. The normalized spacial score (nSPS) is 30.7. The lowest BCUT2D eigenvalue weighted by Gasteiger charge is -2.35. The highest BCUT2D eigenvalue weighted by molar-refractivity contribution is 5.85. The first-order valence-electron chi connectivity index (χ1n) is 7.46. The van der Waals surface area contributed by atoms with Crippen molar-refractivity contribution in [1.29, 1.82) is 0 Å². The van der Waals surface area contributed by atoms with Gasteiger partial charge in [-0.3, -0.25) is 4.79 Å². The Morgan fingerprint density at radius 1 is 1.14 bits per heavy atom. The second-order valence-corrected chi connectivity index (χ2v) is 6.21. The van der Waals surface area contributed by atoms with Crippen LogP contribution in [-0.2, 0) is 4.79 Å². The van der Waals surface area contributed by atoms with Gasteiger partial charge in [-0.05, 0) is 44.4 Å². The standard InChI is InChI=1S/C14H23F3N2O.ClH/c15-14(16,17)11-2-1-7-19(9-11)13(20)8-10-3-5-12(18)6-4-10;/h10-12H,1-9,18H2;1H. The zero-order valence-electron chi connectivity index (χ0n) is 12.1. The van der Waals surface area contributed by atoms with Gasteiger partial charge in [-0.15, -0.1) is 12.4 Å². The molecule has 0 aromatic rings. The van der Waals surface area contributed by atoms with Gasteiger partial charge < -0.3 is 10.6 Å². The summed E-state index contributed by atoms with van der Waals surface area (Å²) >= 11 is 0. The Morgan fingerprint density at radius 3 is 2.33 bits per heavy atom. The summed E-state index contributed by atoms with van der Waals surface area (Å²) in [6, 6.07) is 0.228. The quantitative estimate of drug-likeness (QED) is 0.846. The first-order chi connectivity index (χ1) is 9.36. The summed E-state index contributed by atoms with van der Waals surface area (Å²) in [4.78, 5) is 13.6. The minimum Gasteiger partial charge on any atom is -0.342 e. The van der Waals surface area contributed by atoms with E-state index in [-0.39, 0.29) is 37.3 Å². The summed E-state index contributed by atoms with van der Waals surface area (Å²) in [5.41, 5.74) is 5.82. The smallest absolute Gasteiger partial charge is 0.342 e. The number of likely N-dealkylation sites (tertiary alicyclic amines) is 1. The van der Waals surface area contributed by atoms with Gasteiger partial charge in [-0.2, -0.15) is 13.2 Å². The zero-order chi connectivity index (χ0) is 14.8. The number of piperidine rings is 1. The van der Waals surface area contributed by atoms with Crippen molar-refractivity contribution in [1.82, 2.24) is 4.90 Å². The highest BCUT2D eigenvalue weighted by atomic mass is 35.5. The first kappa shape index (κ1) is 18.6. The van der Waals surface area contributed by atoms with Gasteiger partial charge in [0.25, 0.3) is 0 Å². The van der Waals surface area contributed by atoms with Crippen LogP contribution in [-0.4, -0.2) is 36.1 Å². The fourth-order valence-corrected chi connectivity index (χ4v) is 3.24. The van der Waals surface area contributed by atoms with E-state index >= 15 is 0 Å². The fraction of sp³-hybridized carbons (Fsp3) is 0.929. The Kier molecular flexibility index (Phi) is 6.78. The van der Waals surface area contributed by atoms with Crippen LogP contribution in [0.15, 0.2) is 0 Å². The second-order valence-electron chi connectivity index (χ2n) is 6.21. The lowest BCUT2D eigenvalue weighted by molar-refractivity contribution is -0.188. The van der Waals surface area contributed by atoms with Crippen molar-refractivity contribution in [2.75, 3.05) is 13.1 Å². The summed E-state index contributed by atoms with van der Waals surface area (Å²) in [6.45, 7) is 0.312. The average Bonchev–Trinajstić information content (AvgIpc) is 2.40. The van der Waals surface area contributed by atoms with Crippen molar-refractivity contribution in [2.24, 2.45) is 17.6 Å². The Bertz CT molecular complexity index is 344. The molecule has 2 rings (SSSR count). The van der Waals surface area contributed by atoms with Gasteiger partial charge in [0.05, 0.1) is 5.92 Å².